The number of nitrogens with zero attached hydrogens (tertiary/aromatic N) is 2. The van der Waals surface area contributed by atoms with Crippen molar-refractivity contribution >= 4 is 34.0 Å². The molecule has 0 amide bonds. The van der Waals surface area contributed by atoms with Gasteiger partial charge in [-0.05, 0) is 29.6 Å². The van der Waals surface area contributed by atoms with Gasteiger partial charge in [0, 0.05) is 18.0 Å². The third kappa shape index (κ3) is 3.04. The first-order valence-electron chi connectivity index (χ1n) is 6.74. The number of Topliss-reactive ketones (excluding diaryl/α,β-unsaturated/α-hetero) is 1. The summed E-state index contributed by atoms with van der Waals surface area (Å²) in [6, 6.07) is 6.20. The first-order chi connectivity index (χ1) is 11.1. The van der Waals surface area contributed by atoms with Crippen LogP contribution in [0.25, 0.3) is 10.9 Å². The number of rotatable bonds is 4. The van der Waals surface area contributed by atoms with Crippen molar-refractivity contribution < 1.29 is 14.3 Å². The summed E-state index contributed by atoms with van der Waals surface area (Å²) in [7, 11) is 1.58. The summed E-state index contributed by atoms with van der Waals surface area (Å²) < 4.78 is 6.35. The number of benzene rings is 1. The van der Waals surface area contributed by atoms with Crippen LogP contribution in [-0.2, 0) is 11.8 Å². The van der Waals surface area contributed by atoms with E-state index in [1.165, 1.54) is 34.4 Å². The van der Waals surface area contributed by atoms with Gasteiger partial charge in [-0.2, -0.15) is 11.3 Å². The maximum atomic E-state index is 12.1. The molecule has 0 atom stereocenters. The largest absolute Gasteiger partial charge is 0.454 e. The summed E-state index contributed by atoms with van der Waals surface area (Å²) in [6.45, 7) is -0.335. The predicted molar refractivity (Wildman–Crippen MR) is 85.9 cm³/mol. The first-order valence-corrected chi connectivity index (χ1v) is 7.68. The van der Waals surface area contributed by atoms with Crippen LogP contribution in [0.1, 0.15) is 20.7 Å². The lowest BCUT2D eigenvalue weighted by molar-refractivity contribution is 0.0475. The number of ketones is 1. The average molecular weight is 328 g/mol. The van der Waals surface area contributed by atoms with Gasteiger partial charge in [-0.25, -0.2) is 9.78 Å². The van der Waals surface area contributed by atoms with Crippen LogP contribution in [0.5, 0.6) is 0 Å². The molecule has 0 N–H and O–H groups in total. The summed E-state index contributed by atoms with van der Waals surface area (Å²) in [5.41, 5.74) is 0.970. The number of carbonyl (C=O) groups excluding carboxylic acids is 2. The molecule has 0 fully saturated rings. The van der Waals surface area contributed by atoms with Crippen molar-refractivity contribution in [3.8, 4) is 0 Å². The highest BCUT2D eigenvalue weighted by molar-refractivity contribution is 7.08. The van der Waals surface area contributed by atoms with Crippen LogP contribution in [0, 0.1) is 0 Å². The van der Waals surface area contributed by atoms with E-state index in [0.717, 1.165) is 0 Å². The summed E-state index contributed by atoms with van der Waals surface area (Å²) in [6.07, 6.45) is 1.42. The molecule has 3 rings (SSSR count). The Balaban J connectivity index is 1.80. The minimum atomic E-state index is -0.651. The highest BCUT2D eigenvalue weighted by Crippen LogP contribution is 2.12. The summed E-state index contributed by atoms with van der Waals surface area (Å²) in [4.78, 5) is 40.0. The lowest BCUT2D eigenvalue weighted by Crippen LogP contribution is -2.18. The Morgan fingerprint density at radius 2 is 2.09 bits per heavy atom. The molecule has 2 heterocycles. The number of carbonyl (C=O) groups is 2. The molecule has 0 saturated heterocycles. The van der Waals surface area contributed by atoms with Crippen LogP contribution in [0.4, 0.5) is 0 Å². The zero-order chi connectivity index (χ0) is 16.4. The van der Waals surface area contributed by atoms with E-state index in [1.54, 1.807) is 29.9 Å². The van der Waals surface area contributed by atoms with Crippen molar-refractivity contribution in [3.63, 3.8) is 0 Å². The maximum Gasteiger partial charge on any atom is 0.338 e. The molecule has 2 aromatic heterocycles. The Morgan fingerprint density at radius 1 is 1.26 bits per heavy atom. The average Bonchev–Trinajstić information content (AvgIpc) is 3.10. The molecule has 0 spiro atoms. The summed E-state index contributed by atoms with van der Waals surface area (Å²) in [5, 5.41) is 3.80. The van der Waals surface area contributed by atoms with E-state index in [-0.39, 0.29) is 23.5 Å². The van der Waals surface area contributed by atoms with Crippen molar-refractivity contribution in [2.75, 3.05) is 6.61 Å². The normalized spacial score (nSPS) is 10.7. The third-order valence-corrected chi connectivity index (χ3v) is 4.01. The SMILES string of the molecule is Cn1cnc2ccc(C(=O)OCC(=O)c3ccsc3)cc2c1=O. The van der Waals surface area contributed by atoms with E-state index in [9.17, 15) is 14.4 Å². The van der Waals surface area contributed by atoms with E-state index in [0.29, 0.717) is 16.5 Å². The van der Waals surface area contributed by atoms with Crippen LogP contribution >= 0.6 is 11.3 Å². The van der Waals surface area contributed by atoms with Gasteiger partial charge in [-0.15, -0.1) is 0 Å². The number of hydrogen-bond acceptors (Lipinski definition) is 6. The molecule has 1 aromatic carbocycles. The highest BCUT2D eigenvalue weighted by Gasteiger charge is 2.13. The molecule has 0 aliphatic carbocycles. The van der Waals surface area contributed by atoms with Gasteiger partial charge in [0.05, 0.1) is 22.8 Å². The molecule has 23 heavy (non-hydrogen) atoms. The van der Waals surface area contributed by atoms with Crippen molar-refractivity contribution in [1.82, 2.24) is 9.55 Å². The number of aromatic nitrogens is 2. The van der Waals surface area contributed by atoms with Crippen LogP contribution in [0.2, 0.25) is 0 Å². The molecule has 0 unspecified atom stereocenters. The van der Waals surface area contributed by atoms with Crippen molar-refractivity contribution in [2.45, 2.75) is 0 Å². The van der Waals surface area contributed by atoms with Gasteiger partial charge >= 0.3 is 5.97 Å². The van der Waals surface area contributed by atoms with Gasteiger partial charge in [0.1, 0.15) is 0 Å². The summed E-state index contributed by atoms with van der Waals surface area (Å²) >= 11 is 1.40. The number of aryl methyl sites for hydroxylation is 1. The molecule has 0 aliphatic rings. The first kappa shape index (κ1) is 15.1. The molecule has 6 nitrogen and oxygen atoms in total. The van der Waals surface area contributed by atoms with Crippen LogP contribution < -0.4 is 5.56 Å². The van der Waals surface area contributed by atoms with Crippen LogP contribution in [-0.4, -0.2) is 27.9 Å². The van der Waals surface area contributed by atoms with Gasteiger partial charge in [0.15, 0.2) is 6.61 Å². The van der Waals surface area contributed by atoms with Gasteiger partial charge < -0.3 is 9.30 Å². The summed E-state index contributed by atoms with van der Waals surface area (Å²) in [5.74, 6) is -0.917. The van der Waals surface area contributed by atoms with Gasteiger partial charge in [0.2, 0.25) is 5.78 Å². The van der Waals surface area contributed by atoms with Gasteiger partial charge in [0.25, 0.3) is 5.56 Å². The lowest BCUT2D eigenvalue weighted by Gasteiger charge is -2.05. The second-order valence-corrected chi connectivity index (χ2v) is 5.68. The van der Waals surface area contributed by atoms with Crippen LogP contribution in [0.3, 0.4) is 0 Å². The molecule has 0 bridgehead atoms. The van der Waals surface area contributed by atoms with E-state index < -0.39 is 5.97 Å². The van der Waals surface area contributed by atoms with Gasteiger partial charge in [-0.1, -0.05) is 0 Å². The van der Waals surface area contributed by atoms with E-state index >= 15 is 0 Å². The molecule has 0 radical (unpaired) electrons. The minimum Gasteiger partial charge on any atom is -0.454 e. The smallest absolute Gasteiger partial charge is 0.338 e. The van der Waals surface area contributed by atoms with E-state index in [1.807, 2.05) is 0 Å². The molecular formula is C16H12N2O4S. The van der Waals surface area contributed by atoms with Crippen molar-refractivity contribution in [2.24, 2.45) is 7.05 Å². The number of fused-ring (bicyclic) bond motifs is 1. The number of hydrogen-bond donors (Lipinski definition) is 0. The number of esters is 1. The van der Waals surface area contributed by atoms with E-state index in [4.69, 9.17) is 4.74 Å². The maximum absolute atomic E-state index is 12.1. The fourth-order valence-corrected chi connectivity index (χ4v) is 2.72. The molecule has 0 saturated carbocycles. The number of ether oxygens (including phenoxy) is 1. The molecule has 116 valence electrons. The molecule has 0 aliphatic heterocycles. The monoisotopic (exact) mass is 328 g/mol. The fourth-order valence-electron chi connectivity index (χ4n) is 2.06. The second-order valence-electron chi connectivity index (χ2n) is 4.90. The van der Waals surface area contributed by atoms with Crippen molar-refractivity contribution in [1.29, 1.82) is 0 Å². The minimum absolute atomic E-state index is 0.209. The Hall–Kier alpha value is -2.80. The Bertz CT molecular complexity index is 944. The Labute approximate surface area is 135 Å². The quantitative estimate of drug-likeness (QED) is 0.541. The van der Waals surface area contributed by atoms with Crippen LogP contribution in [0.15, 0.2) is 46.1 Å². The Kier molecular flexibility index (Phi) is 4.03. The molecular weight excluding hydrogens is 316 g/mol. The molecule has 3 aromatic rings. The zero-order valence-electron chi connectivity index (χ0n) is 12.2. The van der Waals surface area contributed by atoms with Crippen molar-refractivity contribution in [3.05, 3.63) is 62.8 Å². The molecule has 7 heteroatoms. The lowest BCUT2D eigenvalue weighted by atomic mass is 10.1. The number of thiophene rings is 1. The standard InChI is InChI=1S/C16H12N2O4S/c1-18-9-17-13-3-2-10(6-12(13)15(18)20)16(21)22-7-14(19)11-4-5-23-8-11/h2-6,8-9H,7H2,1H3. The predicted octanol–water partition coefficient (Wildman–Crippen LogP) is 2.03. The Morgan fingerprint density at radius 3 is 2.83 bits per heavy atom. The second kappa shape index (κ2) is 6.13. The fraction of sp³-hybridized carbons (Fsp3) is 0.125. The highest BCUT2D eigenvalue weighted by atomic mass is 32.1. The van der Waals surface area contributed by atoms with E-state index in [2.05, 4.69) is 4.98 Å². The topological polar surface area (TPSA) is 78.3 Å². The van der Waals surface area contributed by atoms with Gasteiger partial charge in [-0.3, -0.25) is 9.59 Å². The third-order valence-electron chi connectivity index (χ3n) is 3.33. The zero-order valence-corrected chi connectivity index (χ0v) is 13.0.